The van der Waals surface area contributed by atoms with Crippen LogP contribution < -0.4 is 16.0 Å². The largest absolute Gasteiger partial charge is 0.444 e. The molecule has 0 unspecified atom stereocenters. The summed E-state index contributed by atoms with van der Waals surface area (Å²) in [6.07, 6.45) is -0.775. The highest BCUT2D eigenvalue weighted by Gasteiger charge is 2.17. The molecule has 0 fully saturated rings. The van der Waals surface area contributed by atoms with Crippen LogP contribution in [0.5, 0.6) is 0 Å². The van der Waals surface area contributed by atoms with Gasteiger partial charge in [0.1, 0.15) is 11.4 Å². The van der Waals surface area contributed by atoms with Crippen LogP contribution in [0.1, 0.15) is 31.9 Å². The van der Waals surface area contributed by atoms with Gasteiger partial charge in [-0.1, -0.05) is 24.3 Å². The van der Waals surface area contributed by atoms with E-state index in [2.05, 4.69) is 16.0 Å². The third-order valence-electron chi connectivity index (χ3n) is 3.56. The van der Waals surface area contributed by atoms with Crippen LogP contribution in [0.4, 0.5) is 25.4 Å². The number of halogens is 1. The molecule has 0 aromatic heterocycles. The van der Waals surface area contributed by atoms with E-state index >= 15 is 0 Å². The standard InChI is InChI=1S/C20H24FN3O3/c1-13-7-5-6-8-14(13)12-22-18(25)23-15-9-10-16(21)17(11-15)24-19(26)27-20(2,3)4/h5-11H,12H2,1-4H3,(H,24,26)(H2,22,23,25). The second-order valence-corrected chi connectivity index (χ2v) is 7.06. The summed E-state index contributed by atoms with van der Waals surface area (Å²) < 4.78 is 19.0. The summed E-state index contributed by atoms with van der Waals surface area (Å²) in [7, 11) is 0. The number of hydrogen-bond acceptors (Lipinski definition) is 3. The summed E-state index contributed by atoms with van der Waals surface area (Å²) >= 11 is 0. The van der Waals surface area contributed by atoms with Crippen LogP contribution >= 0.6 is 0 Å². The van der Waals surface area contributed by atoms with Crippen LogP contribution in [0.25, 0.3) is 0 Å². The lowest BCUT2D eigenvalue weighted by molar-refractivity contribution is 0.0635. The average Bonchev–Trinajstić information content (AvgIpc) is 2.55. The van der Waals surface area contributed by atoms with Crippen molar-refractivity contribution in [2.75, 3.05) is 10.6 Å². The number of carbonyl (C=O) groups excluding carboxylic acids is 2. The Kier molecular flexibility index (Phi) is 6.39. The van der Waals surface area contributed by atoms with Gasteiger partial charge < -0.3 is 15.4 Å². The Morgan fingerprint density at radius 3 is 2.44 bits per heavy atom. The summed E-state index contributed by atoms with van der Waals surface area (Å²) in [6.45, 7) is 7.45. The fourth-order valence-electron chi connectivity index (χ4n) is 2.27. The van der Waals surface area contributed by atoms with Gasteiger partial charge in [0.2, 0.25) is 0 Å². The van der Waals surface area contributed by atoms with Gasteiger partial charge in [-0.2, -0.15) is 0 Å². The SMILES string of the molecule is Cc1ccccc1CNC(=O)Nc1ccc(F)c(NC(=O)OC(C)(C)C)c1. The lowest BCUT2D eigenvalue weighted by Crippen LogP contribution is -2.29. The maximum Gasteiger partial charge on any atom is 0.412 e. The first kappa shape index (κ1) is 20.2. The zero-order valence-corrected chi connectivity index (χ0v) is 15.9. The Morgan fingerprint density at radius 1 is 1.07 bits per heavy atom. The van der Waals surface area contributed by atoms with Crippen molar-refractivity contribution in [1.29, 1.82) is 0 Å². The van der Waals surface area contributed by atoms with Crippen LogP contribution in [0, 0.1) is 12.7 Å². The molecule has 7 heteroatoms. The van der Waals surface area contributed by atoms with E-state index in [4.69, 9.17) is 4.74 Å². The maximum absolute atomic E-state index is 13.9. The molecular formula is C20H24FN3O3. The Balaban J connectivity index is 1.97. The van der Waals surface area contributed by atoms with E-state index in [1.54, 1.807) is 20.8 Å². The number of ether oxygens (including phenoxy) is 1. The molecule has 2 aromatic rings. The molecule has 0 saturated heterocycles. The van der Waals surface area contributed by atoms with E-state index < -0.39 is 23.5 Å². The molecule has 2 aromatic carbocycles. The van der Waals surface area contributed by atoms with Gasteiger partial charge in [0.05, 0.1) is 5.69 Å². The fourth-order valence-corrected chi connectivity index (χ4v) is 2.27. The number of hydrogen-bond donors (Lipinski definition) is 3. The van der Waals surface area contributed by atoms with Gasteiger partial charge in [-0.15, -0.1) is 0 Å². The van der Waals surface area contributed by atoms with Gasteiger partial charge >= 0.3 is 12.1 Å². The topological polar surface area (TPSA) is 79.5 Å². The first-order chi connectivity index (χ1) is 12.6. The second kappa shape index (κ2) is 8.53. The Hall–Kier alpha value is -3.09. The smallest absolute Gasteiger partial charge is 0.412 e. The number of aryl methyl sites for hydroxylation is 1. The minimum absolute atomic E-state index is 0.0825. The van der Waals surface area contributed by atoms with Crippen LogP contribution in [-0.4, -0.2) is 17.7 Å². The molecule has 144 valence electrons. The molecule has 0 atom stereocenters. The number of urea groups is 1. The van der Waals surface area contributed by atoms with Gasteiger partial charge in [-0.05, 0) is 57.0 Å². The quantitative estimate of drug-likeness (QED) is 0.720. The van der Waals surface area contributed by atoms with Crippen molar-refractivity contribution >= 4 is 23.5 Å². The molecule has 0 aliphatic carbocycles. The number of rotatable bonds is 4. The summed E-state index contributed by atoms with van der Waals surface area (Å²) in [6, 6.07) is 11.2. The molecule has 0 heterocycles. The molecule has 0 aliphatic heterocycles. The molecule has 0 bridgehead atoms. The monoisotopic (exact) mass is 373 g/mol. The van der Waals surface area contributed by atoms with E-state index in [0.717, 1.165) is 17.2 Å². The Labute approximate surface area is 158 Å². The summed E-state index contributed by atoms with van der Waals surface area (Å²) in [5.74, 6) is -0.633. The van der Waals surface area contributed by atoms with Crippen molar-refractivity contribution in [1.82, 2.24) is 5.32 Å². The highest BCUT2D eigenvalue weighted by atomic mass is 19.1. The molecule has 0 aliphatic rings. The fraction of sp³-hybridized carbons (Fsp3) is 0.300. The molecule has 3 N–H and O–H groups in total. The minimum atomic E-state index is -0.775. The van der Waals surface area contributed by atoms with Crippen molar-refractivity contribution in [2.24, 2.45) is 0 Å². The van der Waals surface area contributed by atoms with E-state index in [1.807, 2.05) is 31.2 Å². The van der Waals surface area contributed by atoms with Crippen LogP contribution in [0.3, 0.4) is 0 Å². The van der Waals surface area contributed by atoms with E-state index in [9.17, 15) is 14.0 Å². The molecule has 3 amide bonds. The molecule has 2 rings (SSSR count). The summed E-state index contributed by atoms with van der Waals surface area (Å²) in [4.78, 5) is 23.9. The third kappa shape index (κ3) is 6.62. The van der Waals surface area contributed by atoms with Crippen molar-refractivity contribution in [3.8, 4) is 0 Å². The lowest BCUT2D eigenvalue weighted by Gasteiger charge is -2.20. The van der Waals surface area contributed by atoms with Gasteiger partial charge in [0.15, 0.2) is 0 Å². The van der Waals surface area contributed by atoms with Crippen LogP contribution in [0.2, 0.25) is 0 Å². The second-order valence-electron chi connectivity index (χ2n) is 7.06. The number of anilines is 2. The molecular weight excluding hydrogens is 349 g/mol. The van der Waals surface area contributed by atoms with Crippen molar-refractivity contribution in [3.05, 3.63) is 59.4 Å². The van der Waals surface area contributed by atoms with E-state index in [-0.39, 0.29) is 5.69 Å². The molecule has 6 nitrogen and oxygen atoms in total. The average molecular weight is 373 g/mol. The number of benzene rings is 2. The highest BCUT2D eigenvalue weighted by molar-refractivity contribution is 5.91. The molecule has 0 spiro atoms. The first-order valence-corrected chi connectivity index (χ1v) is 8.53. The van der Waals surface area contributed by atoms with Gasteiger partial charge in [-0.25, -0.2) is 14.0 Å². The van der Waals surface area contributed by atoms with Crippen LogP contribution in [0.15, 0.2) is 42.5 Å². The molecule has 27 heavy (non-hydrogen) atoms. The van der Waals surface area contributed by atoms with Gasteiger partial charge in [0.25, 0.3) is 0 Å². The first-order valence-electron chi connectivity index (χ1n) is 8.53. The molecule has 0 radical (unpaired) electrons. The van der Waals surface area contributed by atoms with Gasteiger partial charge in [-0.3, -0.25) is 5.32 Å². The van der Waals surface area contributed by atoms with Crippen molar-refractivity contribution < 1.29 is 18.7 Å². The Bertz CT molecular complexity index is 831. The predicted octanol–water partition coefficient (Wildman–Crippen LogP) is 4.80. The zero-order chi connectivity index (χ0) is 20.0. The Morgan fingerprint density at radius 2 is 1.78 bits per heavy atom. The van der Waals surface area contributed by atoms with E-state index in [1.165, 1.54) is 12.1 Å². The number of carbonyl (C=O) groups is 2. The van der Waals surface area contributed by atoms with Crippen molar-refractivity contribution in [2.45, 2.75) is 39.8 Å². The normalized spacial score (nSPS) is 10.9. The lowest BCUT2D eigenvalue weighted by atomic mass is 10.1. The zero-order valence-electron chi connectivity index (χ0n) is 15.9. The molecule has 0 saturated carbocycles. The maximum atomic E-state index is 13.9. The minimum Gasteiger partial charge on any atom is -0.444 e. The number of amides is 3. The van der Waals surface area contributed by atoms with Crippen molar-refractivity contribution in [3.63, 3.8) is 0 Å². The van der Waals surface area contributed by atoms with Crippen LogP contribution in [-0.2, 0) is 11.3 Å². The van der Waals surface area contributed by atoms with E-state index in [0.29, 0.717) is 12.2 Å². The third-order valence-corrected chi connectivity index (χ3v) is 3.56. The number of nitrogens with one attached hydrogen (secondary N) is 3. The summed E-state index contributed by atoms with van der Waals surface area (Å²) in [5.41, 5.74) is 1.62. The summed E-state index contributed by atoms with van der Waals surface area (Å²) in [5, 5.41) is 7.69. The van der Waals surface area contributed by atoms with Gasteiger partial charge in [0, 0.05) is 12.2 Å². The highest BCUT2D eigenvalue weighted by Crippen LogP contribution is 2.21. The predicted molar refractivity (Wildman–Crippen MR) is 103 cm³/mol.